The summed E-state index contributed by atoms with van der Waals surface area (Å²) in [6, 6.07) is 5.91. The van der Waals surface area contributed by atoms with E-state index in [9.17, 15) is 4.79 Å². The van der Waals surface area contributed by atoms with Crippen LogP contribution >= 0.6 is 11.8 Å². The number of ether oxygens (including phenoxy) is 1. The van der Waals surface area contributed by atoms with Crippen molar-refractivity contribution in [2.24, 2.45) is 0 Å². The number of anilines is 1. The van der Waals surface area contributed by atoms with Gasteiger partial charge in [0.1, 0.15) is 5.75 Å². The van der Waals surface area contributed by atoms with E-state index in [1.54, 1.807) is 7.11 Å². The van der Waals surface area contributed by atoms with Crippen LogP contribution in [0.1, 0.15) is 43.5 Å². The van der Waals surface area contributed by atoms with Crippen LogP contribution in [-0.2, 0) is 17.0 Å². The molecule has 25 heavy (non-hydrogen) atoms. The SMILES string of the molecule is COc1ccc2c(c1)CCCN2C(=O)CSCc1noc(C(C)C)n1. The Kier molecular flexibility index (Phi) is 5.63. The summed E-state index contributed by atoms with van der Waals surface area (Å²) in [7, 11) is 1.66. The van der Waals surface area contributed by atoms with Crippen molar-refractivity contribution in [1.82, 2.24) is 10.1 Å². The maximum absolute atomic E-state index is 12.6. The Balaban J connectivity index is 1.58. The second kappa shape index (κ2) is 7.91. The summed E-state index contributed by atoms with van der Waals surface area (Å²) in [5.41, 5.74) is 2.17. The first-order valence-electron chi connectivity index (χ1n) is 8.46. The predicted molar refractivity (Wildman–Crippen MR) is 98.2 cm³/mol. The molecule has 0 radical (unpaired) electrons. The fourth-order valence-corrected chi connectivity index (χ4v) is 3.56. The minimum absolute atomic E-state index is 0.115. The van der Waals surface area contributed by atoms with Crippen molar-refractivity contribution in [3.8, 4) is 5.75 Å². The van der Waals surface area contributed by atoms with Gasteiger partial charge in [-0.1, -0.05) is 19.0 Å². The topological polar surface area (TPSA) is 68.5 Å². The van der Waals surface area contributed by atoms with Crippen molar-refractivity contribution in [1.29, 1.82) is 0 Å². The molecule has 2 aromatic rings. The van der Waals surface area contributed by atoms with Gasteiger partial charge >= 0.3 is 0 Å². The van der Waals surface area contributed by atoms with E-state index in [0.717, 1.165) is 30.8 Å². The molecular weight excluding hydrogens is 338 g/mol. The highest BCUT2D eigenvalue weighted by Crippen LogP contribution is 2.31. The lowest BCUT2D eigenvalue weighted by Gasteiger charge is -2.29. The average molecular weight is 361 g/mol. The van der Waals surface area contributed by atoms with Gasteiger partial charge in [0.15, 0.2) is 5.82 Å². The maximum atomic E-state index is 12.6. The van der Waals surface area contributed by atoms with Gasteiger partial charge < -0.3 is 14.2 Å². The molecule has 0 aliphatic carbocycles. The number of rotatable bonds is 6. The van der Waals surface area contributed by atoms with E-state index in [4.69, 9.17) is 9.26 Å². The second-order valence-corrected chi connectivity index (χ2v) is 7.33. The van der Waals surface area contributed by atoms with Crippen molar-refractivity contribution in [3.63, 3.8) is 0 Å². The Bertz CT molecular complexity index is 745. The summed E-state index contributed by atoms with van der Waals surface area (Å²) < 4.78 is 10.5. The lowest BCUT2D eigenvalue weighted by atomic mass is 10.0. The third-order valence-electron chi connectivity index (χ3n) is 4.14. The quantitative estimate of drug-likeness (QED) is 0.785. The summed E-state index contributed by atoms with van der Waals surface area (Å²) in [6.45, 7) is 4.78. The number of methoxy groups -OCH3 is 1. The fraction of sp³-hybridized carbons (Fsp3) is 0.500. The molecule has 1 aromatic heterocycles. The minimum atomic E-state index is 0.115. The summed E-state index contributed by atoms with van der Waals surface area (Å²) in [6.07, 6.45) is 1.95. The summed E-state index contributed by atoms with van der Waals surface area (Å²) in [5, 5.41) is 3.96. The number of carbonyl (C=O) groups is 1. The average Bonchev–Trinajstić information content (AvgIpc) is 3.09. The Morgan fingerprint density at radius 1 is 1.44 bits per heavy atom. The predicted octanol–water partition coefficient (Wildman–Crippen LogP) is 3.41. The Morgan fingerprint density at radius 2 is 2.28 bits per heavy atom. The first kappa shape index (κ1) is 17.8. The summed E-state index contributed by atoms with van der Waals surface area (Å²) >= 11 is 1.51. The van der Waals surface area contributed by atoms with E-state index in [-0.39, 0.29) is 11.8 Å². The van der Waals surface area contributed by atoms with Crippen molar-refractivity contribution in [3.05, 3.63) is 35.5 Å². The molecule has 1 aromatic carbocycles. The van der Waals surface area contributed by atoms with Gasteiger partial charge in [-0.05, 0) is 36.6 Å². The van der Waals surface area contributed by atoms with Gasteiger partial charge in [0, 0.05) is 18.2 Å². The standard InChI is InChI=1S/C18H23N3O3S/c1-12(2)18-19-16(20-24-18)10-25-11-17(22)21-8-4-5-13-9-14(23-3)6-7-15(13)21/h6-7,9,12H,4-5,8,10-11H2,1-3H3. The highest BCUT2D eigenvalue weighted by Gasteiger charge is 2.23. The fourth-order valence-electron chi connectivity index (χ4n) is 2.83. The zero-order valence-electron chi connectivity index (χ0n) is 14.8. The molecular formula is C18H23N3O3S. The van der Waals surface area contributed by atoms with Crippen LogP contribution in [0.4, 0.5) is 5.69 Å². The van der Waals surface area contributed by atoms with E-state index in [2.05, 4.69) is 10.1 Å². The lowest BCUT2D eigenvalue weighted by molar-refractivity contribution is -0.116. The zero-order chi connectivity index (χ0) is 17.8. The molecule has 1 aliphatic rings. The Hall–Kier alpha value is -2.02. The molecule has 6 nitrogen and oxygen atoms in total. The van der Waals surface area contributed by atoms with Crippen LogP contribution in [0.2, 0.25) is 0 Å². The third kappa shape index (κ3) is 4.15. The van der Waals surface area contributed by atoms with Crippen molar-refractivity contribution >= 4 is 23.4 Å². The van der Waals surface area contributed by atoms with E-state index in [1.807, 2.05) is 36.9 Å². The number of thioether (sulfide) groups is 1. The van der Waals surface area contributed by atoms with Crippen LogP contribution in [-0.4, -0.2) is 35.5 Å². The molecule has 0 saturated carbocycles. The molecule has 0 atom stereocenters. The lowest BCUT2D eigenvalue weighted by Crippen LogP contribution is -2.36. The summed E-state index contributed by atoms with van der Waals surface area (Å²) in [4.78, 5) is 18.8. The smallest absolute Gasteiger partial charge is 0.236 e. The van der Waals surface area contributed by atoms with E-state index in [0.29, 0.717) is 23.2 Å². The Morgan fingerprint density at radius 3 is 3.00 bits per heavy atom. The number of carbonyl (C=O) groups excluding carboxylic acids is 1. The molecule has 0 spiro atoms. The first-order chi connectivity index (χ1) is 12.1. The van der Waals surface area contributed by atoms with Crippen LogP contribution in [0.3, 0.4) is 0 Å². The van der Waals surface area contributed by atoms with Gasteiger partial charge in [0.2, 0.25) is 11.8 Å². The van der Waals surface area contributed by atoms with E-state index < -0.39 is 0 Å². The van der Waals surface area contributed by atoms with Gasteiger partial charge in [-0.3, -0.25) is 4.79 Å². The molecule has 0 fully saturated rings. The number of aryl methyl sites for hydroxylation is 1. The monoisotopic (exact) mass is 361 g/mol. The molecule has 0 unspecified atom stereocenters. The number of benzene rings is 1. The molecule has 1 aliphatic heterocycles. The van der Waals surface area contributed by atoms with Gasteiger partial charge in [0.05, 0.1) is 18.6 Å². The number of aromatic nitrogens is 2. The van der Waals surface area contributed by atoms with Crippen LogP contribution in [0, 0.1) is 0 Å². The maximum Gasteiger partial charge on any atom is 0.236 e. The molecule has 1 amide bonds. The van der Waals surface area contributed by atoms with Gasteiger partial charge in [-0.25, -0.2) is 0 Å². The minimum Gasteiger partial charge on any atom is -0.497 e. The molecule has 2 heterocycles. The number of amides is 1. The molecule has 134 valence electrons. The van der Waals surface area contributed by atoms with Crippen molar-refractivity contribution in [2.75, 3.05) is 24.3 Å². The third-order valence-corrected chi connectivity index (χ3v) is 5.05. The molecule has 7 heteroatoms. The largest absolute Gasteiger partial charge is 0.497 e. The molecule has 0 saturated heterocycles. The Labute approximate surface area is 151 Å². The number of hydrogen-bond donors (Lipinski definition) is 0. The normalized spacial score (nSPS) is 13.8. The number of fused-ring (bicyclic) bond motifs is 1. The van der Waals surface area contributed by atoms with Crippen LogP contribution in [0.25, 0.3) is 0 Å². The molecule has 0 bridgehead atoms. The molecule has 3 rings (SSSR count). The second-order valence-electron chi connectivity index (χ2n) is 6.34. The number of nitrogens with zero attached hydrogens (tertiary/aromatic N) is 3. The van der Waals surface area contributed by atoms with Crippen molar-refractivity contribution in [2.45, 2.75) is 38.4 Å². The van der Waals surface area contributed by atoms with Gasteiger partial charge in [0.25, 0.3) is 0 Å². The first-order valence-corrected chi connectivity index (χ1v) is 9.61. The van der Waals surface area contributed by atoms with Crippen LogP contribution < -0.4 is 9.64 Å². The van der Waals surface area contributed by atoms with E-state index in [1.165, 1.54) is 17.3 Å². The van der Waals surface area contributed by atoms with E-state index >= 15 is 0 Å². The highest BCUT2D eigenvalue weighted by atomic mass is 32.2. The van der Waals surface area contributed by atoms with Gasteiger partial charge in [-0.2, -0.15) is 4.98 Å². The highest BCUT2D eigenvalue weighted by molar-refractivity contribution is 7.99. The molecule has 0 N–H and O–H groups in total. The van der Waals surface area contributed by atoms with Crippen molar-refractivity contribution < 1.29 is 14.1 Å². The van der Waals surface area contributed by atoms with Crippen LogP contribution in [0.15, 0.2) is 22.7 Å². The van der Waals surface area contributed by atoms with Crippen LogP contribution in [0.5, 0.6) is 5.75 Å². The summed E-state index contributed by atoms with van der Waals surface area (Å²) in [5.74, 6) is 3.42. The number of hydrogen-bond acceptors (Lipinski definition) is 6. The van der Waals surface area contributed by atoms with Gasteiger partial charge in [-0.15, -0.1) is 11.8 Å². The zero-order valence-corrected chi connectivity index (χ0v) is 15.6.